The van der Waals surface area contributed by atoms with Crippen LogP contribution >= 0.6 is 0 Å². The maximum atomic E-state index is 8.65. The molecule has 0 aromatic carbocycles. The van der Waals surface area contributed by atoms with Crippen LogP contribution in [0.25, 0.3) is 0 Å². The molecule has 66 valence electrons. The summed E-state index contributed by atoms with van der Waals surface area (Å²) < 4.78 is 5.32. The van der Waals surface area contributed by atoms with E-state index in [1.165, 1.54) is 5.69 Å². The van der Waals surface area contributed by atoms with Crippen molar-refractivity contribution >= 4 is 5.69 Å². The summed E-state index contributed by atoms with van der Waals surface area (Å²) in [5.74, 6) is 1.02. The van der Waals surface area contributed by atoms with E-state index in [9.17, 15) is 0 Å². The third-order valence-electron chi connectivity index (χ3n) is 2.07. The number of anilines is 1. The second-order valence-corrected chi connectivity index (χ2v) is 3.04. The Labute approximate surface area is 71.6 Å². The van der Waals surface area contributed by atoms with Crippen molar-refractivity contribution in [1.82, 2.24) is 0 Å². The van der Waals surface area contributed by atoms with Gasteiger partial charge in [-0.2, -0.15) is 0 Å². The number of furan rings is 1. The van der Waals surface area contributed by atoms with E-state index < -0.39 is 0 Å². The minimum Gasteiger partial charge on any atom is -0.467 e. The van der Waals surface area contributed by atoms with Gasteiger partial charge in [-0.15, -0.1) is 0 Å². The lowest BCUT2D eigenvalue weighted by Gasteiger charge is -2.01. The molecule has 3 nitrogen and oxygen atoms in total. The minimum absolute atomic E-state index is 0.236. The number of aliphatic hydroxyl groups is 1. The van der Waals surface area contributed by atoms with Crippen LogP contribution in [0.4, 0.5) is 5.69 Å². The van der Waals surface area contributed by atoms with Crippen molar-refractivity contribution in [3.8, 4) is 0 Å². The molecule has 0 spiro atoms. The first-order chi connectivity index (χ1) is 5.92. The summed E-state index contributed by atoms with van der Waals surface area (Å²) >= 11 is 0. The lowest BCUT2D eigenvalue weighted by Crippen LogP contribution is -1.95. The molecule has 1 saturated heterocycles. The number of nitrogens with zero attached hydrogens (tertiary/aromatic N) is 1. The van der Waals surface area contributed by atoms with Gasteiger partial charge in [0.1, 0.15) is 5.76 Å². The van der Waals surface area contributed by atoms with Crippen molar-refractivity contribution in [2.75, 3.05) is 24.6 Å². The first kappa shape index (κ1) is 7.68. The molecule has 0 atom stereocenters. The zero-order chi connectivity index (χ0) is 8.39. The lowest BCUT2D eigenvalue weighted by atomic mass is 10.2. The van der Waals surface area contributed by atoms with Crippen LogP contribution in [-0.2, 0) is 6.42 Å². The summed E-state index contributed by atoms with van der Waals surface area (Å²) in [7, 11) is 0. The molecule has 1 aromatic heterocycles. The third-order valence-corrected chi connectivity index (χ3v) is 2.07. The van der Waals surface area contributed by atoms with E-state index in [0.29, 0.717) is 0 Å². The summed E-state index contributed by atoms with van der Waals surface area (Å²) in [5, 5.41) is 8.65. The van der Waals surface area contributed by atoms with Crippen molar-refractivity contribution in [3.05, 3.63) is 18.1 Å². The van der Waals surface area contributed by atoms with Gasteiger partial charge in [-0.1, -0.05) is 0 Å². The molecule has 2 heterocycles. The van der Waals surface area contributed by atoms with Crippen LogP contribution in [0.1, 0.15) is 12.2 Å². The number of hydrogen-bond acceptors (Lipinski definition) is 3. The van der Waals surface area contributed by atoms with Gasteiger partial charge in [-0.05, 0) is 6.42 Å². The molecule has 0 saturated carbocycles. The Morgan fingerprint density at radius 3 is 3.00 bits per heavy atom. The largest absolute Gasteiger partial charge is 0.467 e. The highest BCUT2D eigenvalue weighted by Crippen LogP contribution is 2.27. The van der Waals surface area contributed by atoms with E-state index in [-0.39, 0.29) is 6.61 Å². The molecule has 1 aliphatic rings. The van der Waals surface area contributed by atoms with Crippen LogP contribution in [0.3, 0.4) is 0 Å². The smallest absolute Gasteiger partial charge is 0.127 e. The molecular weight excluding hydrogens is 154 g/mol. The van der Waals surface area contributed by atoms with Crippen molar-refractivity contribution < 1.29 is 9.52 Å². The Kier molecular flexibility index (Phi) is 2.04. The van der Waals surface area contributed by atoms with E-state index >= 15 is 0 Å². The minimum atomic E-state index is 0.236. The quantitative estimate of drug-likeness (QED) is 0.680. The van der Waals surface area contributed by atoms with Crippen LogP contribution in [-0.4, -0.2) is 24.8 Å². The lowest BCUT2D eigenvalue weighted by molar-refractivity contribution is 0.284. The number of aryl methyl sites for hydroxylation is 1. The highest BCUT2D eigenvalue weighted by atomic mass is 16.3. The van der Waals surface area contributed by atoms with E-state index in [0.717, 1.165) is 31.7 Å². The fourth-order valence-electron chi connectivity index (χ4n) is 1.33. The van der Waals surface area contributed by atoms with Gasteiger partial charge in [0.25, 0.3) is 0 Å². The Balaban J connectivity index is 2.03. The molecule has 1 N–H and O–H groups in total. The average Bonchev–Trinajstić information content (AvgIpc) is 2.83. The molecule has 2 rings (SSSR count). The number of hydrogen-bond donors (Lipinski definition) is 1. The fraction of sp³-hybridized carbons (Fsp3) is 0.556. The van der Waals surface area contributed by atoms with Gasteiger partial charge >= 0.3 is 0 Å². The first-order valence-corrected chi connectivity index (χ1v) is 4.34. The molecule has 0 bridgehead atoms. The van der Waals surface area contributed by atoms with E-state index in [1.807, 2.05) is 6.07 Å². The third kappa shape index (κ3) is 1.46. The zero-order valence-corrected chi connectivity index (χ0v) is 6.99. The van der Waals surface area contributed by atoms with Crippen LogP contribution in [0.2, 0.25) is 0 Å². The Hall–Kier alpha value is -0.960. The Morgan fingerprint density at radius 1 is 1.50 bits per heavy atom. The van der Waals surface area contributed by atoms with Gasteiger partial charge in [-0.3, -0.25) is 0 Å². The second kappa shape index (κ2) is 3.19. The molecule has 1 aromatic rings. The summed E-state index contributed by atoms with van der Waals surface area (Å²) in [6.45, 7) is 2.53. The van der Waals surface area contributed by atoms with Crippen LogP contribution in [0.5, 0.6) is 0 Å². The van der Waals surface area contributed by atoms with Crippen molar-refractivity contribution in [2.24, 2.45) is 0 Å². The Morgan fingerprint density at radius 2 is 2.33 bits per heavy atom. The summed E-state index contributed by atoms with van der Waals surface area (Å²) in [5.41, 5.74) is 1.21. The van der Waals surface area contributed by atoms with Gasteiger partial charge in [0.05, 0.1) is 12.0 Å². The van der Waals surface area contributed by atoms with Crippen molar-refractivity contribution in [2.45, 2.75) is 12.8 Å². The maximum absolute atomic E-state index is 8.65. The predicted molar refractivity (Wildman–Crippen MR) is 46.3 cm³/mol. The highest BCUT2D eigenvalue weighted by molar-refractivity contribution is 5.54. The molecule has 0 radical (unpaired) electrons. The monoisotopic (exact) mass is 167 g/mol. The SMILES string of the molecule is OCCCc1occc1N1CC1. The molecule has 0 unspecified atom stereocenters. The number of rotatable bonds is 4. The second-order valence-electron chi connectivity index (χ2n) is 3.04. The molecule has 0 aliphatic carbocycles. The number of aliphatic hydroxyl groups excluding tert-OH is 1. The first-order valence-electron chi connectivity index (χ1n) is 4.34. The van der Waals surface area contributed by atoms with Gasteiger partial charge < -0.3 is 14.4 Å². The normalized spacial score (nSPS) is 15.2. The van der Waals surface area contributed by atoms with E-state index in [2.05, 4.69) is 4.90 Å². The summed E-state index contributed by atoms with van der Waals surface area (Å²) in [4.78, 5) is 2.26. The molecule has 3 heteroatoms. The summed E-state index contributed by atoms with van der Waals surface area (Å²) in [6, 6.07) is 2.00. The Bertz CT molecular complexity index is 253. The van der Waals surface area contributed by atoms with Crippen LogP contribution < -0.4 is 4.90 Å². The van der Waals surface area contributed by atoms with Crippen molar-refractivity contribution in [1.29, 1.82) is 0 Å². The molecule has 1 aliphatic heterocycles. The van der Waals surface area contributed by atoms with Gasteiger partial charge in [-0.25, -0.2) is 0 Å². The fourth-order valence-corrected chi connectivity index (χ4v) is 1.33. The topological polar surface area (TPSA) is 36.4 Å². The zero-order valence-electron chi connectivity index (χ0n) is 6.99. The molecule has 0 amide bonds. The predicted octanol–water partition coefficient (Wildman–Crippen LogP) is 1.02. The molecule has 12 heavy (non-hydrogen) atoms. The summed E-state index contributed by atoms with van der Waals surface area (Å²) in [6.07, 6.45) is 3.35. The maximum Gasteiger partial charge on any atom is 0.127 e. The molecule has 1 fully saturated rings. The van der Waals surface area contributed by atoms with E-state index in [4.69, 9.17) is 9.52 Å². The van der Waals surface area contributed by atoms with E-state index in [1.54, 1.807) is 6.26 Å². The standard InChI is InChI=1S/C9H13NO2/c11-6-1-2-9-8(3-7-12-9)10-4-5-10/h3,7,11H,1-2,4-6H2. The van der Waals surface area contributed by atoms with Gasteiger partial charge in [0.15, 0.2) is 0 Å². The van der Waals surface area contributed by atoms with Gasteiger partial charge in [0.2, 0.25) is 0 Å². The molecular formula is C9H13NO2. The van der Waals surface area contributed by atoms with Crippen LogP contribution in [0.15, 0.2) is 16.7 Å². The van der Waals surface area contributed by atoms with Gasteiger partial charge in [0, 0.05) is 32.2 Å². The average molecular weight is 167 g/mol. The van der Waals surface area contributed by atoms with Crippen LogP contribution in [0, 0.1) is 0 Å². The highest BCUT2D eigenvalue weighted by Gasteiger charge is 2.22. The van der Waals surface area contributed by atoms with Crippen molar-refractivity contribution in [3.63, 3.8) is 0 Å².